The average Bonchev–Trinajstić information content (AvgIpc) is 2.34. The zero-order chi connectivity index (χ0) is 12.3. The van der Waals surface area contributed by atoms with Crippen molar-refractivity contribution in [2.45, 2.75) is 6.92 Å². The Hall–Kier alpha value is -2.37. The molecule has 0 radical (unpaired) electrons. The van der Waals surface area contributed by atoms with E-state index in [9.17, 15) is 0 Å². The summed E-state index contributed by atoms with van der Waals surface area (Å²) in [6.07, 6.45) is 3.16. The van der Waals surface area contributed by atoms with E-state index in [0.717, 1.165) is 11.4 Å². The minimum Gasteiger partial charge on any atom is -0.393 e. The fourth-order valence-electron chi connectivity index (χ4n) is 1.42. The number of aromatic nitrogens is 3. The summed E-state index contributed by atoms with van der Waals surface area (Å²) in [6, 6.07) is 3.84. The number of aryl methyl sites for hydroxylation is 1. The minimum absolute atomic E-state index is 0.472. The third kappa shape index (κ3) is 2.25. The van der Waals surface area contributed by atoms with Crippen LogP contribution >= 0.6 is 0 Å². The van der Waals surface area contributed by atoms with E-state index in [1.807, 2.05) is 19.1 Å². The zero-order valence-corrected chi connectivity index (χ0v) is 9.73. The first-order valence-corrected chi connectivity index (χ1v) is 5.19. The number of nitrogens with zero attached hydrogens (tertiary/aromatic N) is 3. The van der Waals surface area contributed by atoms with Crippen molar-refractivity contribution in [3.8, 4) is 0 Å². The Morgan fingerprint density at radius 2 is 1.88 bits per heavy atom. The Morgan fingerprint density at radius 3 is 2.59 bits per heavy atom. The number of anilines is 4. The Balaban J connectivity index is 2.34. The summed E-state index contributed by atoms with van der Waals surface area (Å²) >= 11 is 0. The van der Waals surface area contributed by atoms with Gasteiger partial charge in [-0.2, -0.15) is 0 Å². The maximum atomic E-state index is 5.91. The van der Waals surface area contributed by atoms with E-state index in [0.29, 0.717) is 17.3 Å². The predicted octanol–water partition coefficient (Wildman–Crippen LogP) is 1.55. The molecule has 2 rings (SSSR count). The van der Waals surface area contributed by atoms with E-state index in [-0.39, 0.29) is 0 Å². The minimum atomic E-state index is 0.472. The first-order chi connectivity index (χ1) is 8.22. The van der Waals surface area contributed by atoms with Gasteiger partial charge in [0.2, 0.25) is 0 Å². The number of pyridine rings is 1. The lowest BCUT2D eigenvalue weighted by atomic mass is 10.3. The largest absolute Gasteiger partial charge is 0.393 e. The molecule has 0 aliphatic rings. The van der Waals surface area contributed by atoms with Gasteiger partial charge in [-0.3, -0.25) is 0 Å². The van der Waals surface area contributed by atoms with Crippen molar-refractivity contribution in [2.24, 2.45) is 0 Å². The fraction of sp³-hybridized carbons (Fsp3) is 0.182. The predicted molar refractivity (Wildman–Crippen MR) is 68.2 cm³/mol. The van der Waals surface area contributed by atoms with Crippen molar-refractivity contribution in [3.63, 3.8) is 0 Å². The van der Waals surface area contributed by atoms with Gasteiger partial charge in [-0.1, -0.05) is 6.07 Å². The summed E-state index contributed by atoms with van der Waals surface area (Å²) in [5.74, 6) is 1.88. The molecule has 6 heteroatoms. The first kappa shape index (κ1) is 11.1. The van der Waals surface area contributed by atoms with Crippen LogP contribution < -0.4 is 16.4 Å². The van der Waals surface area contributed by atoms with E-state index in [4.69, 9.17) is 5.73 Å². The molecule has 0 aromatic carbocycles. The molecule has 17 heavy (non-hydrogen) atoms. The number of nitrogens with one attached hydrogen (secondary N) is 2. The standard InChI is InChI=1S/C11H14N6/c1-7-4-3-5-14-9(7)17-11-8(12)10(13-2)15-6-16-11/h3-6H,12H2,1-2H3,(H2,13,14,15,16,17). The number of hydrogen-bond acceptors (Lipinski definition) is 6. The fourth-order valence-corrected chi connectivity index (χ4v) is 1.42. The highest BCUT2D eigenvalue weighted by Crippen LogP contribution is 2.25. The van der Waals surface area contributed by atoms with E-state index in [2.05, 4.69) is 25.6 Å². The molecule has 0 atom stereocenters. The molecule has 0 spiro atoms. The Morgan fingerprint density at radius 1 is 1.12 bits per heavy atom. The lowest BCUT2D eigenvalue weighted by Crippen LogP contribution is -2.06. The topological polar surface area (TPSA) is 88.8 Å². The second-order valence-corrected chi connectivity index (χ2v) is 3.53. The third-order valence-electron chi connectivity index (χ3n) is 2.37. The molecule has 6 nitrogen and oxygen atoms in total. The molecule has 2 aromatic heterocycles. The van der Waals surface area contributed by atoms with Crippen LogP contribution in [0.25, 0.3) is 0 Å². The van der Waals surface area contributed by atoms with E-state index < -0.39 is 0 Å². The number of nitrogens with two attached hydrogens (primary N) is 1. The van der Waals surface area contributed by atoms with Crippen molar-refractivity contribution < 1.29 is 0 Å². The van der Waals surface area contributed by atoms with Gasteiger partial charge in [-0.15, -0.1) is 0 Å². The first-order valence-electron chi connectivity index (χ1n) is 5.19. The molecule has 2 aromatic rings. The molecule has 0 aliphatic carbocycles. The van der Waals surface area contributed by atoms with Crippen molar-refractivity contribution >= 4 is 23.1 Å². The highest BCUT2D eigenvalue weighted by atomic mass is 15.1. The van der Waals surface area contributed by atoms with E-state index in [1.165, 1.54) is 6.33 Å². The van der Waals surface area contributed by atoms with E-state index in [1.54, 1.807) is 13.2 Å². The molecule has 0 aliphatic heterocycles. The van der Waals surface area contributed by atoms with Crippen molar-refractivity contribution in [1.82, 2.24) is 15.0 Å². The molecule has 4 N–H and O–H groups in total. The lowest BCUT2D eigenvalue weighted by Gasteiger charge is -2.11. The van der Waals surface area contributed by atoms with Gasteiger partial charge in [0, 0.05) is 13.2 Å². The molecule has 0 fully saturated rings. The maximum absolute atomic E-state index is 5.91. The SMILES string of the molecule is CNc1ncnc(Nc2ncccc2C)c1N. The average molecular weight is 230 g/mol. The van der Waals surface area contributed by atoms with Crippen LogP contribution in [0.1, 0.15) is 5.56 Å². The molecule has 0 bridgehead atoms. The monoisotopic (exact) mass is 230 g/mol. The molecular formula is C11H14N6. The molecule has 0 saturated heterocycles. The molecule has 0 saturated carbocycles. The van der Waals surface area contributed by atoms with Gasteiger partial charge in [-0.25, -0.2) is 15.0 Å². The smallest absolute Gasteiger partial charge is 0.160 e. The zero-order valence-electron chi connectivity index (χ0n) is 9.73. The highest BCUT2D eigenvalue weighted by Gasteiger charge is 2.08. The second kappa shape index (κ2) is 4.65. The summed E-state index contributed by atoms with van der Waals surface area (Å²) in [6.45, 7) is 1.96. The van der Waals surface area contributed by atoms with Crippen LogP contribution in [0, 0.1) is 6.92 Å². The van der Waals surface area contributed by atoms with Crippen LogP contribution in [-0.4, -0.2) is 22.0 Å². The Labute approximate surface area is 99.3 Å². The highest BCUT2D eigenvalue weighted by molar-refractivity contribution is 5.77. The number of rotatable bonds is 3. The van der Waals surface area contributed by atoms with Gasteiger partial charge in [0.15, 0.2) is 11.6 Å². The van der Waals surface area contributed by atoms with Crippen LogP contribution in [-0.2, 0) is 0 Å². The lowest BCUT2D eigenvalue weighted by molar-refractivity contribution is 1.15. The van der Waals surface area contributed by atoms with Crippen LogP contribution in [0.4, 0.5) is 23.1 Å². The van der Waals surface area contributed by atoms with Gasteiger partial charge >= 0.3 is 0 Å². The van der Waals surface area contributed by atoms with E-state index >= 15 is 0 Å². The molecular weight excluding hydrogens is 216 g/mol. The van der Waals surface area contributed by atoms with Gasteiger partial charge in [0.05, 0.1) is 0 Å². The van der Waals surface area contributed by atoms with Crippen molar-refractivity contribution in [3.05, 3.63) is 30.2 Å². The summed E-state index contributed by atoms with van der Waals surface area (Å²) in [7, 11) is 1.76. The molecule has 0 unspecified atom stereocenters. The number of hydrogen-bond donors (Lipinski definition) is 3. The normalized spacial score (nSPS) is 10.0. The Bertz CT molecular complexity index is 525. The summed E-state index contributed by atoms with van der Waals surface area (Å²) in [4.78, 5) is 12.3. The van der Waals surface area contributed by atoms with Crippen molar-refractivity contribution in [1.29, 1.82) is 0 Å². The van der Waals surface area contributed by atoms with Crippen LogP contribution in [0.15, 0.2) is 24.7 Å². The van der Waals surface area contributed by atoms with Gasteiger partial charge in [-0.05, 0) is 18.6 Å². The summed E-state index contributed by atoms with van der Waals surface area (Å²) in [5, 5.41) is 5.99. The summed E-state index contributed by atoms with van der Waals surface area (Å²) < 4.78 is 0. The molecule has 2 heterocycles. The molecule has 88 valence electrons. The number of nitrogen functional groups attached to an aromatic ring is 1. The van der Waals surface area contributed by atoms with Gasteiger partial charge in [0.25, 0.3) is 0 Å². The van der Waals surface area contributed by atoms with Crippen LogP contribution in [0.2, 0.25) is 0 Å². The van der Waals surface area contributed by atoms with Crippen molar-refractivity contribution in [2.75, 3.05) is 23.4 Å². The van der Waals surface area contributed by atoms with Gasteiger partial charge < -0.3 is 16.4 Å². The summed E-state index contributed by atoms with van der Waals surface area (Å²) in [5.41, 5.74) is 7.41. The third-order valence-corrected chi connectivity index (χ3v) is 2.37. The van der Waals surface area contributed by atoms with Gasteiger partial charge in [0.1, 0.15) is 17.8 Å². The van der Waals surface area contributed by atoms with Crippen LogP contribution in [0.5, 0.6) is 0 Å². The maximum Gasteiger partial charge on any atom is 0.160 e. The Kier molecular flexibility index (Phi) is 3.04. The molecule has 0 amide bonds. The second-order valence-electron chi connectivity index (χ2n) is 3.53. The quantitative estimate of drug-likeness (QED) is 0.741. The van der Waals surface area contributed by atoms with Crippen LogP contribution in [0.3, 0.4) is 0 Å².